The summed E-state index contributed by atoms with van der Waals surface area (Å²) < 4.78 is 16.0. The quantitative estimate of drug-likeness (QED) is 0.774. The maximum atomic E-state index is 12.6. The Bertz CT molecular complexity index is 804. The molecule has 2 aromatic rings. The summed E-state index contributed by atoms with van der Waals surface area (Å²) in [5.74, 6) is 1.65. The van der Waals surface area contributed by atoms with E-state index in [1.54, 1.807) is 33.5 Å². The van der Waals surface area contributed by atoms with Crippen molar-refractivity contribution in [1.82, 2.24) is 4.90 Å². The predicted octanol–water partition coefficient (Wildman–Crippen LogP) is 3.31. The van der Waals surface area contributed by atoms with E-state index in [9.17, 15) is 4.79 Å². The van der Waals surface area contributed by atoms with Crippen LogP contribution >= 0.6 is 0 Å². The van der Waals surface area contributed by atoms with Crippen molar-refractivity contribution in [3.8, 4) is 17.2 Å². The molecule has 3 rings (SSSR count). The molecule has 0 saturated carbocycles. The number of nitrogens with zero attached hydrogens (tertiary/aromatic N) is 1. The lowest BCUT2D eigenvalue weighted by Crippen LogP contribution is -2.34. The standard InChI is InChI=1S/C21H23NO4/c1-24-18-12-15(13-19(25-2)21(18)26-3)8-9-20(23)22-11-10-16-6-4-5-7-17(16)14-22/h4-9,12-13H,10-11,14H2,1-3H3/b9-8+. The number of hydrogen-bond donors (Lipinski definition) is 0. The van der Waals surface area contributed by atoms with E-state index in [0.29, 0.717) is 23.8 Å². The Morgan fingerprint density at radius 1 is 1.00 bits per heavy atom. The summed E-state index contributed by atoms with van der Waals surface area (Å²) in [7, 11) is 4.70. The molecule has 0 radical (unpaired) electrons. The molecule has 0 aliphatic carbocycles. The zero-order valence-corrected chi connectivity index (χ0v) is 15.3. The van der Waals surface area contributed by atoms with Crippen LogP contribution in [0, 0.1) is 0 Å². The molecule has 0 aromatic heterocycles. The lowest BCUT2D eigenvalue weighted by atomic mass is 10.00. The Labute approximate surface area is 153 Å². The van der Waals surface area contributed by atoms with Gasteiger partial charge >= 0.3 is 0 Å². The van der Waals surface area contributed by atoms with Gasteiger partial charge in [0.25, 0.3) is 0 Å². The predicted molar refractivity (Wildman–Crippen MR) is 101 cm³/mol. The second kappa shape index (κ2) is 7.95. The number of benzene rings is 2. The van der Waals surface area contributed by atoms with Gasteiger partial charge in [0.2, 0.25) is 11.7 Å². The number of hydrogen-bond acceptors (Lipinski definition) is 4. The first-order valence-electron chi connectivity index (χ1n) is 8.50. The van der Waals surface area contributed by atoms with Crippen molar-refractivity contribution >= 4 is 12.0 Å². The molecule has 0 spiro atoms. The van der Waals surface area contributed by atoms with E-state index in [-0.39, 0.29) is 5.91 Å². The van der Waals surface area contributed by atoms with Gasteiger partial charge in [0.15, 0.2) is 11.5 Å². The molecule has 0 unspecified atom stereocenters. The van der Waals surface area contributed by atoms with Gasteiger partial charge in [-0.1, -0.05) is 24.3 Å². The lowest BCUT2D eigenvalue weighted by molar-refractivity contribution is -0.126. The molecule has 26 heavy (non-hydrogen) atoms. The molecule has 5 heteroatoms. The average Bonchev–Trinajstić information content (AvgIpc) is 2.70. The van der Waals surface area contributed by atoms with Gasteiger partial charge in [-0.15, -0.1) is 0 Å². The summed E-state index contributed by atoms with van der Waals surface area (Å²) in [6.45, 7) is 1.38. The highest BCUT2D eigenvalue weighted by atomic mass is 16.5. The maximum absolute atomic E-state index is 12.6. The first-order valence-corrected chi connectivity index (χ1v) is 8.50. The van der Waals surface area contributed by atoms with Gasteiger partial charge in [-0.05, 0) is 41.3 Å². The fraction of sp³-hybridized carbons (Fsp3) is 0.286. The van der Waals surface area contributed by atoms with Crippen molar-refractivity contribution in [2.45, 2.75) is 13.0 Å². The number of rotatable bonds is 5. The molecule has 5 nitrogen and oxygen atoms in total. The molecule has 0 N–H and O–H groups in total. The van der Waals surface area contributed by atoms with E-state index >= 15 is 0 Å². The van der Waals surface area contributed by atoms with Crippen LogP contribution in [-0.4, -0.2) is 38.7 Å². The SMILES string of the molecule is COc1cc(/C=C/C(=O)N2CCc3ccccc3C2)cc(OC)c1OC. The van der Waals surface area contributed by atoms with Crippen LogP contribution < -0.4 is 14.2 Å². The van der Waals surface area contributed by atoms with Crippen LogP contribution in [0.4, 0.5) is 0 Å². The summed E-state index contributed by atoms with van der Waals surface area (Å²) in [5.41, 5.74) is 3.35. The minimum atomic E-state index is -0.00625. The number of methoxy groups -OCH3 is 3. The van der Waals surface area contributed by atoms with Crippen molar-refractivity contribution < 1.29 is 19.0 Å². The van der Waals surface area contributed by atoms with Crippen molar-refractivity contribution in [2.75, 3.05) is 27.9 Å². The summed E-state index contributed by atoms with van der Waals surface area (Å²) in [6.07, 6.45) is 4.25. The third kappa shape index (κ3) is 3.67. The molecule has 1 heterocycles. The Morgan fingerprint density at radius 2 is 1.65 bits per heavy atom. The zero-order valence-electron chi connectivity index (χ0n) is 15.3. The topological polar surface area (TPSA) is 48.0 Å². The second-order valence-electron chi connectivity index (χ2n) is 6.07. The fourth-order valence-electron chi connectivity index (χ4n) is 3.15. The van der Waals surface area contributed by atoms with Gasteiger partial charge in [-0.2, -0.15) is 0 Å². The van der Waals surface area contributed by atoms with Gasteiger partial charge < -0.3 is 19.1 Å². The smallest absolute Gasteiger partial charge is 0.246 e. The zero-order chi connectivity index (χ0) is 18.5. The van der Waals surface area contributed by atoms with Crippen molar-refractivity contribution in [3.63, 3.8) is 0 Å². The molecule has 0 saturated heterocycles. The molecule has 1 amide bonds. The van der Waals surface area contributed by atoms with E-state index in [4.69, 9.17) is 14.2 Å². The van der Waals surface area contributed by atoms with Crippen molar-refractivity contribution in [2.24, 2.45) is 0 Å². The van der Waals surface area contributed by atoms with Gasteiger partial charge in [-0.3, -0.25) is 4.79 Å². The number of carbonyl (C=O) groups is 1. The van der Waals surface area contributed by atoms with E-state index in [1.807, 2.05) is 29.2 Å². The fourth-order valence-corrected chi connectivity index (χ4v) is 3.15. The molecular weight excluding hydrogens is 330 g/mol. The van der Waals surface area contributed by atoms with Gasteiger partial charge in [0.1, 0.15) is 0 Å². The molecule has 0 fully saturated rings. The second-order valence-corrected chi connectivity index (χ2v) is 6.07. The van der Waals surface area contributed by atoms with Gasteiger partial charge in [0, 0.05) is 19.2 Å². The highest BCUT2D eigenvalue weighted by Gasteiger charge is 2.18. The minimum Gasteiger partial charge on any atom is -0.493 e. The molecule has 1 aliphatic heterocycles. The van der Waals surface area contributed by atoms with E-state index < -0.39 is 0 Å². The molecule has 136 valence electrons. The number of fused-ring (bicyclic) bond motifs is 1. The molecule has 0 bridgehead atoms. The Hall–Kier alpha value is -2.95. The van der Waals surface area contributed by atoms with Crippen LogP contribution in [0.3, 0.4) is 0 Å². The summed E-state index contributed by atoms with van der Waals surface area (Å²) in [6, 6.07) is 11.9. The average molecular weight is 353 g/mol. The van der Waals surface area contributed by atoms with E-state index in [1.165, 1.54) is 11.1 Å². The highest BCUT2D eigenvalue weighted by Crippen LogP contribution is 2.38. The first kappa shape index (κ1) is 17.9. The van der Waals surface area contributed by atoms with Crippen LogP contribution in [-0.2, 0) is 17.8 Å². The third-order valence-electron chi connectivity index (χ3n) is 4.55. The number of carbonyl (C=O) groups excluding carboxylic acids is 1. The Kier molecular flexibility index (Phi) is 5.46. The highest BCUT2D eigenvalue weighted by molar-refractivity contribution is 5.92. The van der Waals surface area contributed by atoms with Crippen LogP contribution in [0.1, 0.15) is 16.7 Å². The molecule has 0 atom stereocenters. The first-order chi connectivity index (χ1) is 12.7. The number of amides is 1. The maximum Gasteiger partial charge on any atom is 0.246 e. The molecular formula is C21H23NO4. The van der Waals surface area contributed by atoms with E-state index in [0.717, 1.165) is 18.5 Å². The summed E-state index contributed by atoms with van der Waals surface area (Å²) in [4.78, 5) is 14.4. The lowest BCUT2D eigenvalue weighted by Gasteiger charge is -2.27. The monoisotopic (exact) mass is 353 g/mol. The number of ether oxygens (including phenoxy) is 3. The van der Waals surface area contributed by atoms with Crippen LogP contribution in [0.2, 0.25) is 0 Å². The van der Waals surface area contributed by atoms with Crippen molar-refractivity contribution in [3.05, 3.63) is 59.2 Å². The molecule has 1 aliphatic rings. The normalized spacial score (nSPS) is 13.4. The van der Waals surface area contributed by atoms with E-state index in [2.05, 4.69) is 12.1 Å². The Morgan fingerprint density at radius 3 is 2.27 bits per heavy atom. The minimum absolute atomic E-state index is 0.00625. The van der Waals surface area contributed by atoms with Crippen LogP contribution in [0.5, 0.6) is 17.2 Å². The summed E-state index contributed by atoms with van der Waals surface area (Å²) >= 11 is 0. The largest absolute Gasteiger partial charge is 0.493 e. The van der Waals surface area contributed by atoms with Gasteiger partial charge in [-0.25, -0.2) is 0 Å². The Balaban J connectivity index is 1.77. The van der Waals surface area contributed by atoms with Crippen LogP contribution in [0.15, 0.2) is 42.5 Å². The van der Waals surface area contributed by atoms with Gasteiger partial charge in [0.05, 0.1) is 21.3 Å². The summed E-state index contributed by atoms with van der Waals surface area (Å²) in [5, 5.41) is 0. The van der Waals surface area contributed by atoms with Crippen molar-refractivity contribution in [1.29, 1.82) is 0 Å². The van der Waals surface area contributed by atoms with Crippen LogP contribution in [0.25, 0.3) is 6.08 Å². The molecule has 2 aromatic carbocycles. The third-order valence-corrected chi connectivity index (χ3v) is 4.55.